The van der Waals surface area contributed by atoms with E-state index in [0.717, 1.165) is 58.2 Å². The third-order valence-electron chi connectivity index (χ3n) is 3.99. The maximum Gasteiger partial charge on any atom is 0.191 e. The summed E-state index contributed by atoms with van der Waals surface area (Å²) in [7, 11) is 1.81. The molecule has 0 aliphatic carbocycles. The lowest BCUT2D eigenvalue weighted by molar-refractivity contribution is 0.143. The summed E-state index contributed by atoms with van der Waals surface area (Å²) in [5, 5.41) is 6.73. The van der Waals surface area contributed by atoms with Crippen LogP contribution in [-0.2, 0) is 11.3 Å². The van der Waals surface area contributed by atoms with E-state index >= 15 is 0 Å². The fourth-order valence-electron chi connectivity index (χ4n) is 2.64. The van der Waals surface area contributed by atoms with Gasteiger partial charge in [-0.25, -0.2) is 0 Å². The van der Waals surface area contributed by atoms with Gasteiger partial charge in [0, 0.05) is 52.1 Å². The molecular weight excluding hydrogens is 300 g/mol. The number of hydrogen-bond donors (Lipinski definition) is 2. The van der Waals surface area contributed by atoms with E-state index in [4.69, 9.17) is 4.74 Å². The van der Waals surface area contributed by atoms with Gasteiger partial charge in [-0.3, -0.25) is 4.99 Å². The van der Waals surface area contributed by atoms with E-state index < -0.39 is 0 Å². The molecule has 132 valence electrons. The molecule has 2 rings (SSSR count). The highest BCUT2D eigenvalue weighted by atomic mass is 16.5. The van der Waals surface area contributed by atoms with Crippen molar-refractivity contribution in [3.63, 3.8) is 0 Å². The molecule has 5 heteroatoms. The van der Waals surface area contributed by atoms with Gasteiger partial charge in [-0.1, -0.05) is 24.3 Å². The van der Waals surface area contributed by atoms with E-state index in [0.29, 0.717) is 0 Å². The van der Waals surface area contributed by atoms with E-state index in [1.807, 2.05) is 14.0 Å². The highest BCUT2D eigenvalue weighted by molar-refractivity contribution is 5.79. The lowest BCUT2D eigenvalue weighted by Crippen LogP contribution is -2.37. The molecule has 1 aliphatic heterocycles. The topological polar surface area (TPSA) is 48.9 Å². The quantitative estimate of drug-likeness (QED) is 0.316. The molecule has 1 heterocycles. The molecule has 0 radical (unpaired) electrons. The van der Waals surface area contributed by atoms with Gasteiger partial charge in [-0.15, -0.1) is 0 Å². The number of hydrogen-bond acceptors (Lipinski definition) is 3. The summed E-state index contributed by atoms with van der Waals surface area (Å²) in [5.74, 6) is 0.847. The van der Waals surface area contributed by atoms with Gasteiger partial charge in [0.15, 0.2) is 5.96 Å². The van der Waals surface area contributed by atoms with E-state index in [1.54, 1.807) is 0 Å². The molecule has 1 aromatic carbocycles. The van der Waals surface area contributed by atoms with Gasteiger partial charge < -0.3 is 20.3 Å². The van der Waals surface area contributed by atoms with Crippen LogP contribution in [0.5, 0.6) is 0 Å². The molecule has 1 aromatic rings. The summed E-state index contributed by atoms with van der Waals surface area (Å²) in [6.45, 7) is 7.34. The summed E-state index contributed by atoms with van der Waals surface area (Å²) in [4.78, 5) is 6.64. The number of nitrogens with one attached hydrogen (secondary N) is 2. The van der Waals surface area contributed by atoms with Crippen LogP contribution in [0.3, 0.4) is 0 Å². The lowest BCUT2D eigenvalue weighted by atomic mass is 10.2. The van der Waals surface area contributed by atoms with E-state index in [-0.39, 0.29) is 0 Å². The Morgan fingerprint density at radius 3 is 2.79 bits per heavy atom. The second-order valence-electron chi connectivity index (χ2n) is 5.80. The van der Waals surface area contributed by atoms with Crippen molar-refractivity contribution < 1.29 is 4.74 Å². The number of aliphatic imine (C=N–C) groups is 1. The van der Waals surface area contributed by atoms with Crippen LogP contribution in [0.15, 0.2) is 41.4 Å². The van der Waals surface area contributed by atoms with Gasteiger partial charge in [0.2, 0.25) is 0 Å². The molecule has 0 atom stereocenters. The second kappa shape index (κ2) is 10.7. The van der Waals surface area contributed by atoms with Gasteiger partial charge in [-0.05, 0) is 37.5 Å². The summed E-state index contributed by atoms with van der Waals surface area (Å²) in [5.41, 5.74) is 2.54. The van der Waals surface area contributed by atoms with Gasteiger partial charge in [-0.2, -0.15) is 0 Å². The Balaban J connectivity index is 1.71. The summed E-state index contributed by atoms with van der Waals surface area (Å²) in [6, 6.07) is 8.68. The first-order valence-electron chi connectivity index (χ1n) is 8.84. The molecule has 0 aromatic heterocycles. The molecular formula is C19H30N4O. The molecule has 0 bridgehead atoms. The first-order chi connectivity index (χ1) is 11.8. The highest BCUT2D eigenvalue weighted by Crippen LogP contribution is 2.18. The maximum absolute atomic E-state index is 5.34. The largest absolute Gasteiger partial charge is 0.382 e. The van der Waals surface area contributed by atoms with Gasteiger partial charge >= 0.3 is 0 Å². The van der Waals surface area contributed by atoms with E-state index in [9.17, 15) is 0 Å². The molecule has 0 unspecified atom stereocenters. The van der Waals surface area contributed by atoms with Crippen LogP contribution >= 0.6 is 0 Å². The minimum atomic E-state index is 0.772. The molecule has 5 nitrogen and oxygen atoms in total. The molecule has 0 saturated heterocycles. The van der Waals surface area contributed by atoms with Gasteiger partial charge in [0.05, 0.1) is 0 Å². The summed E-state index contributed by atoms with van der Waals surface area (Å²) in [6.07, 6.45) is 6.58. The zero-order valence-electron chi connectivity index (χ0n) is 14.9. The first kappa shape index (κ1) is 18.3. The van der Waals surface area contributed by atoms with Crippen molar-refractivity contribution in [3.05, 3.63) is 42.0 Å². The lowest BCUT2D eigenvalue weighted by Gasteiger charge is -2.19. The average molecular weight is 330 g/mol. The fourth-order valence-corrected chi connectivity index (χ4v) is 2.64. The predicted octanol–water partition coefficient (Wildman–Crippen LogP) is 2.54. The predicted molar refractivity (Wildman–Crippen MR) is 102 cm³/mol. The first-order valence-corrected chi connectivity index (χ1v) is 8.84. The van der Waals surface area contributed by atoms with Crippen molar-refractivity contribution in [2.24, 2.45) is 4.99 Å². The zero-order valence-corrected chi connectivity index (χ0v) is 14.9. The highest BCUT2D eigenvalue weighted by Gasteiger charge is 2.08. The van der Waals surface area contributed by atoms with E-state index in [2.05, 4.69) is 56.9 Å². The summed E-state index contributed by atoms with van der Waals surface area (Å²) >= 11 is 0. The smallest absolute Gasteiger partial charge is 0.191 e. The van der Waals surface area contributed by atoms with Gasteiger partial charge in [0.1, 0.15) is 0 Å². The van der Waals surface area contributed by atoms with Crippen LogP contribution in [0.2, 0.25) is 0 Å². The molecule has 0 amide bonds. The Kier molecular flexibility index (Phi) is 8.18. The van der Waals surface area contributed by atoms with Crippen molar-refractivity contribution in [1.29, 1.82) is 0 Å². The van der Waals surface area contributed by atoms with Crippen molar-refractivity contribution in [3.8, 4) is 0 Å². The Labute approximate surface area is 145 Å². The van der Waals surface area contributed by atoms with Crippen molar-refractivity contribution in [2.45, 2.75) is 26.3 Å². The number of anilines is 1. The van der Waals surface area contributed by atoms with Crippen LogP contribution in [-0.4, -0.2) is 45.9 Å². The average Bonchev–Trinajstić information content (AvgIpc) is 3.15. The molecule has 0 fully saturated rings. The number of guanidine groups is 1. The van der Waals surface area contributed by atoms with Crippen molar-refractivity contribution >= 4 is 11.6 Å². The third-order valence-corrected chi connectivity index (χ3v) is 3.99. The van der Waals surface area contributed by atoms with Crippen LogP contribution in [0.1, 0.15) is 25.3 Å². The SMILES string of the molecule is CCOCCCCNC(=NC)NCc1cccc(N2CC=CC2)c1. The van der Waals surface area contributed by atoms with Crippen LogP contribution in [0.25, 0.3) is 0 Å². The number of unbranched alkanes of at least 4 members (excludes halogenated alkanes) is 1. The van der Waals surface area contributed by atoms with Crippen LogP contribution in [0, 0.1) is 0 Å². The zero-order chi connectivity index (χ0) is 17.0. The number of rotatable bonds is 9. The van der Waals surface area contributed by atoms with Gasteiger partial charge in [0.25, 0.3) is 0 Å². The van der Waals surface area contributed by atoms with Crippen molar-refractivity contribution in [2.75, 3.05) is 44.8 Å². The number of benzene rings is 1. The molecule has 2 N–H and O–H groups in total. The molecule has 0 spiro atoms. The monoisotopic (exact) mass is 330 g/mol. The Morgan fingerprint density at radius 2 is 2.04 bits per heavy atom. The Bertz CT molecular complexity index is 534. The van der Waals surface area contributed by atoms with E-state index in [1.165, 1.54) is 11.3 Å². The Morgan fingerprint density at radius 1 is 1.21 bits per heavy atom. The maximum atomic E-state index is 5.34. The second-order valence-corrected chi connectivity index (χ2v) is 5.80. The molecule has 0 saturated carbocycles. The standard InChI is InChI=1S/C19H30N4O/c1-3-24-14-7-4-11-21-19(20-2)22-16-17-9-8-10-18(15-17)23-12-5-6-13-23/h5-6,8-10,15H,3-4,7,11-14,16H2,1-2H3,(H2,20,21,22). The normalized spacial score (nSPS) is 14.2. The van der Waals surface area contributed by atoms with Crippen LogP contribution in [0.4, 0.5) is 5.69 Å². The minimum absolute atomic E-state index is 0.772. The number of ether oxygens (including phenoxy) is 1. The minimum Gasteiger partial charge on any atom is -0.382 e. The fraction of sp³-hybridized carbons (Fsp3) is 0.526. The molecule has 24 heavy (non-hydrogen) atoms. The Hall–Kier alpha value is -2.01. The van der Waals surface area contributed by atoms with Crippen molar-refractivity contribution in [1.82, 2.24) is 10.6 Å². The third kappa shape index (κ3) is 6.24. The summed E-state index contributed by atoms with van der Waals surface area (Å²) < 4.78 is 5.34. The number of nitrogens with zero attached hydrogens (tertiary/aromatic N) is 2. The molecule has 1 aliphatic rings. The van der Waals surface area contributed by atoms with Crippen LogP contribution < -0.4 is 15.5 Å².